The summed E-state index contributed by atoms with van der Waals surface area (Å²) in [7, 11) is 0. The normalized spacial score (nSPS) is 20.9. The quantitative estimate of drug-likeness (QED) is 0.847. The first-order valence-corrected chi connectivity index (χ1v) is 6.08. The Morgan fingerprint density at radius 1 is 1.44 bits per heavy atom. The highest BCUT2D eigenvalue weighted by atomic mass is 16.5. The van der Waals surface area contributed by atoms with Crippen LogP contribution in [-0.4, -0.2) is 17.1 Å². The predicted molar refractivity (Wildman–Crippen MR) is 64.0 cm³/mol. The fourth-order valence-corrected chi connectivity index (χ4v) is 2.28. The Morgan fingerprint density at radius 2 is 2.19 bits per heavy atom. The maximum atomic E-state index is 6.09. The second-order valence-electron chi connectivity index (χ2n) is 4.61. The minimum absolute atomic E-state index is 0.00444. The van der Waals surface area contributed by atoms with E-state index in [0.29, 0.717) is 6.10 Å². The molecule has 2 rings (SSSR count). The molecule has 0 amide bonds. The van der Waals surface area contributed by atoms with Crippen molar-refractivity contribution in [3.63, 3.8) is 0 Å². The summed E-state index contributed by atoms with van der Waals surface area (Å²) in [6, 6.07) is 3.98. The van der Waals surface area contributed by atoms with Gasteiger partial charge in [-0.15, -0.1) is 0 Å². The third kappa shape index (κ3) is 2.80. The minimum atomic E-state index is -0.0169. The van der Waals surface area contributed by atoms with E-state index >= 15 is 0 Å². The summed E-state index contributed by atoms with van der Waals surface area (Å²) in [4.78, 5) is 4.13. The largest absolute Gasteiger partial charge is 0.369 e. The molecule has 1 heterocycles. The first kappa shape index (κ1) is 11.6. The van der Waals surface area contributed by atoms with Gasteiger partial charge < -0.3 is 10.5 Å². The number of nitrogens with two attached hydrogens (primary N) is 1. The highest BCUT2D eigenvalue weighted by Crippen LogP contribution is 2.28. The van der Waals surface area contributed by atoms with Crippen molar-refractivity contribution in [2.45, 2.75) is 50.9 Å². The van der Waals surface area contributed by atoms with Gasteiger partial charge in [-0.05, 0) is 25.8 Å². The molecule has 0 saturated heterocycles. The highest BCUT2D eigenvalue weighted by molar-refractivity contribution is 5.14. The van der Waals surface area contributed by atoms with Crippen molar-refractivity contribution in [1.29, 1.82) is 0 Å². The summed E-state index contributed by atoms with van der Waals surface area (Å²) >= 11 is 0. The lowest BCUT2D eigenvalue weighted by Gasteiger charge is -2.25. The Kier molecular flexibility index (Phi) is 3.91. The van der Waals surface area contributed by atoms with Gasteiger partial charge in [0.05, 0.1) is 12.2 Å². The molecule has 3 nitrogen and oxygen atoms in total. The molecule has 0 aromatic carbocycles. The van der Waals surface area contributed by atoms with Crippen LogP contribution in [0.4, 0.5) is 0 Å². The van der Waals surface area contributed by atoms with Crippen LogP contribution in [-0.2, 0) is 4.74 Å². The second-order valence-corrected chi connectivity index (χ2v) is 4.61. The lowest BCUT2D eigenvalue weighted by molar-refractivity contribution is -0.0203. The third-order valence-electron chi connectivity index (χ3n) is 3.13. The first-order chi connectivity index (χ1) is 7.77. The Balaban J connectivity index is 2.05. The number of hydrogen-bond donors (Lipinski definition) is 1. The van der Waals surface area contributed by atoms with Crippen LogP contribution in [0.15, 0.2) is 24.5 Å². The molecule has 0 bridgehead atoms. The van der Waals surface area contributed by atoms with Crippen molar-refractivity contribution in [3.05, 3.63) is 30.1 Å². The number of pyridine rings is 1. The van der Waals surface area contributed by atoms with E-state index in [2.05, 4.69) is 4.98 Å². The van der Waals surface area contributed by atoms with Crippen LogP contribution >= 0.6 is 0 Å². The highest BCUT2D eigenvalue weighted by Gasteiger charge is 2.24. The van der Waals surface area contributed by atoms with E-state index in [1.54, 1.807) is 6.20 Å². The molecule has 1 fully saturated rings. The van der Waals surface area contributed by atoms with Crippen LogP contribution < -0.4 is 5.73 Å². The van der Waals surface area contributed by atoms with E-state index < -0.39 is 0 Å². The van der Waals surface area contributed by atoms with E-state index in [-0.39, 0.29) is 12.1 Å². The third-order valence-corrected chi connectivity index (χ3v) is 3.13. The molecule has 0 spiro atoms. The van der Waals surface area contributed by atoms with E-state index in [1.807, 2.05) is 25.3 Å². The molecule has 2 unspecified atom stereocenters. The number of aromatic nitrogens is 1. The molecule has 1 aromatic heterocycles. The topological polar surface area (TPSA) is 48.1 Å². The van der Waals surface area contributed by atoms with Gasteiger partial charge in [0.1, 0.15) is 0 Å². The average Bonchev–Trinajstić information content (AvgIpc) is 2.79. The zero-order chi connectivity index (χ0) is 11.4. The average molecular weight is 220 g/mol. The Hall–Kier alpha value is -0.930. The zero-order valence-electron chi connectivity index (χ0n) is 9.80. The summed E-state index contributed by atoms with van der Waals surface area (Å²) in [5.41, 5.74) is 7.08. The van der Waals surface area contributed by atoms with E-state index in [0.717, 1.165) is 5.56 Å². The van der Waals surface area contributed by atoms with Gasteiger partial charge in [-0.25, -0.2) is 0 Å². The lowest BCUT2D eigenvalue weighted by Crippen LogP contribution is -2.29. The lowest BCUT2D eigenvalue weighted by atomic mass is 10.1. The maximum absolute atomic E-state index is 6.09. The van der Waals surface area contributed by atoms with Crippen LogP contribution in [0.25, 0.3) is 0 Å². The molecule has 1 aliphatic carbocycles. The molecule has 1 saturated carbocycles. The number of rotatable bonds is 4. The first-order valence-electron chi connectivity index (χ1n) is 6.08. The zero-order valence-corrected chi connectivity index (χ0v) is 9.80. The Labute approximate surface area is 97.0 Å². The summed E-state index contributed by atoms with van der Waals surface area (Å²) < 4.78 is 6.09. The summed E-state index contributed by atoms with van der Waals surface area (Å²) in [6.07, 6.45) is 8.90. The van der Waals surface area contributed by atoms with Crippen molar-refractivity contribution < 1.29 is 4.74 Å². The van der Waals surface area contributed by atoms with Crippen molar-refractivity contribution >= 4 is 0 Å². The monoisotopic (exact) mass is 220 g/mol. The molecule has 0 radical (unpaired) electrons. The van der Waals surface area contributed by atoms with Crippen LogP contribution in [0.2, 0.25) is 0 Å². The van der Waals surface area contributed by atoms with Gasteiger partial charge in [-0.1, -0.05) is 18.9 Å². The van der Waals surface area contributed by atoms with Crippen molar-refractivity contribution in [2.24, 2.45) is 5.73 Å². The fraction of sp³-hybridized carbons (Fsp3) is 0.615. The summed E-state index contributed by atoms with van der Waals surface area (Å²) in [5, 5.41) is 0. The molecule has 88 valence electrons. The van der Waals surface area contributed by atoms with Crippen LogP contribution in [0.3, 0.4) is 0 Å². The van der Waals surface area contributed by atoms with Gasteiger partial charge in [-0.2, -0.15) is 0 Å². The van der Waals surface area contributed by atoms with Gasteiger partial charge in [0.25, 0.3) is 0 Å². The predicted octanol–water partition coefficient (Wildman–Crippen LogP) is 2.43. The van der Waals surface area contributed by atoms with Crippen molar-refractivity contribution in [2.75, 3.05) is 0 Å². The van der Waals surface area contributed by atoms with Gasteiger partial charge in [0.15, 0.2) is 0 Å². The van der Waals surface area contributed by atoms with Crippen molar-refractivity contribution in [3.8, 4) is 0 Å². The Bertz CT molecular complexity index is 307. The van der Waals surface area contributed by atoms with Gasteiger partial charge in [-0.3, -0.25) is 4.98 Å². The molecule has 3 heteroatoms. The summed E-state index contributed by atoms with van der Waals surface area (Å²) in [6.45, 7) is 1.99. The van der Waals surface area contributed by atoms with E-state index in [9.17, 15) is 0 Å². The minimum Gasteiger partial charge on any atom is -0.369 e. The Morgan fingerprint density at radius 3 is 2.75 bits per heavy atom. The molecule has 2 N–H and O–H groups in total. The fourth-order valence-electron chi connectivity index (χ4n) is 2.28. The molecular weight excluding hydrogens is 200 g/mol. The number of hydrogen-bond acceptors (Lipinski definition) is 3. The van der Waals surface area contributed by atoms with E-state index in [4.69, 9.17) is 10.5 Å². The van der Waals surface area contributed by atoms with Crippen LogP contribution in [0, 0.1) is 0 Å². The molecule has 2 atom stereocenters. The SMILES string of the molecule is CC(N)C(OC1CCCC1)c1cccnc1. The van der Waals surface area contributed by atoms with Gasteiger partial charge in [0.2, 0.25) is 0 Å². The number of nitrogens with zero attached hydrogens (tertiary/aromatic N) is 1. The molecule has 1 aliphatic rings. The van der Waals surface area contributed by atoms with Gasteiger partial charge >= 0.3 is 0 Å². The summed E-state index contributed by atoms with van der Waals surface area (Å²) in [5.74, 6) is 0. The molecule has 0 aliphatic heterocycles. The molecule has 1 aromatic rings. The van der Waals surface area contributed by atoms with Crippen molar-refractivity contribution in [1.82, 2.24) is 4.98 Å². The second kappa shape index (κ2) is 5.41. The number of ether oxygens (including phenoxy) is 1. The van der Waals surface area contributed by atoms with Crippen LogP contribution in [0.1, 0.15) is 44.3 Å². The molecular formula is C13H20N2O. The maximum Gasteiger partial charge on any atom is 0.0991 e. The van der Waals surface area contributed by atoms with Crippen LogP contribution in [0.5, 0.6) is 0 Å². The standard InChI is InChI=1S/C13H20N2O/c1-10(14)13(11-5-4-8-15-9-11)16-12-6-2-3-7-12/h4-5,8-10,12-13H,2-3,6-7,14H2,1H3. The van der Waals surface area contributed by atoms with Gasteiger partial charge in [0, 0.05) is 24.0 Å². The molecule has 16 heavy (non-hydrogen) atoms. The smallest absolute Gasteiger partial charge is 0.0991 e. The van der Waals surface area contributed by atoms with E-state index in [1.165, 1.54) is 25.7 Å².